The van der Waals surface area contributed by atoms with Gasteiger partial charge in [-0.3, -0.25) is 0 Å². The third kappa shape index (κ3) is 5.54. The third-order valence-corrected chi connectivity index (χ3v) is 4.14. The van der Waals surface area contributed by atoms with Crippen molar-refractivity contribution in [1.82, 2.24) is 9.71 Å². The number of aromatic nitrogens is 1. The highest BCUT2D eigenvalue weighted by atomic mass is 32.2. The molecule has 0 fully saturated rings. The molecule has 0 unspecified atom stereocenters. The van der Waals surface area contributed by atoms with Crippen LogP contribution in [0.1, 0.15) is 33.1 Å². The molecule has 0 saturated carbocycles. The van der Waals surface area contributed by atoms with Crippen LogP contribution in [0.3, 0.4) is 0 Å². The minimum atomic E-state index is -3.47. The zero-order valence-electron chi connectivity index (χ0n) is 11.4. The number of hydrogen-bond donors (Lipinski definition) is 3. The van der Waals surface area contributed by atoms with Gasteiger partial charge in [-0.25, -0.2) is 24.0 Å². The van der Waals surface area contributed by atoms with Gasteiger partial charge in [0.1, 0.15) is 10.7 Å². The fourth-order valence-electron chi connectivity index (χ4n) is 1.59. The van der Waals surface area contributed by atoms with E-state index in [0.29, 0.717) is 18.3 Å². The molecule has 1 aromatic rings. The first-order valence-electron chi connectivity index (χ1n) is 6.38. The maximum atomic E-state index is 11.9. The number of hydrazine groups is 1. The van der Waals surface area contributed by atoms with Gasteiger partial charge in [-0.1, -0.05) is 26.7 Å². The fraction of sp³-hybridized carbons (Fsp3) is 0.583. The standard InChI is InChI=1S/C12H22N4O2S/c1-10(2)5-3-4-8-15-19(17,18)11-6-7-12(16-13)14-9-11/h6-7,9-10,15H,3-5,8,13H2,1-2H3,(H,14,16). The van der Waals surface area contributed by atoms with Crippen LogP contribution in [0.15, 0.2) is 23.2 Å². The summed E-state index contributed by atoms with van der Waals surface area (Å²) in [4.78, 5) is 4.02. The van der Waals surface area contributed by atoms with Gasteiger partial charge in [0.15, 0.2) is 0 Å². The highest BCUT2D eigenvalue weighted by Crippen LogP contribution is 2.10. The molecule has 6 nitrogen and oxygen atoms in total. The summed E-state index contributed by atoms with van der Waals surface area (Å²) in [5.41, 5.74) is 2.35. The van der Waals surface area contributed by atoms with Gasteiger partial charge in [0.2, 0.25) is 10.0 Å². The number of nitrogen functional groups attached to an aromatic ring is 1. The Morgan fingerprint density at radius 3 is 2.58 bits per heavy atom. The van der Waals surface area contributed by atoms with Gasteiger partial charge in [-0.05, 0) is 24.5 Å². The van der Waals surface area contributed by atoms with Crippen molar-refractivity contribution in [3.8, 4) is 0 Å². The first kappa shape index (κ1) is 15.9. The topological polar surface area (TPSA) is 97.1 Å². The van der Waals surface area contributed by atoms with Crippen LogP contribution in [0.2, 0.25) is 0 Å². The van der Waals surface area contributed by atoms with Crippen molar-refractivity contribution < 1.29 is 8.42 Å². The summed E-state index contributed by atoms with van der Waals surface area (Å²) >= 11 is 0. The first-order chi connectivity index (χ1) is 8.95. The molecule has 0 radical (unpaired) electrons. The van der Waals surface area contributed by atoms with Crippen LogP contribution in [-0.4, -0.2) is 19.9 Å². The summed E-state index contributed by atoms with van der Waals surface area (Å²) in [7, 11) is -3.47. The van der Waals surface area contributed by atoms with Crippen LogP contribution >= 0.6 is 0 Å². The van der Waals surface area contributed by atoms with Crippen LogP contribution in [0.5, 0.6) is 0 Å². The number of sulfonamides is 1. The third-order valence-electron chi connectivity index (χ3n) is 2.69. The lowest BCUT2D eigenvalue weighted by molar-refractivity contribution is 0.530. The predicted molar refractivity (Wildman–Crippen MR) is 75.9 cm³/mol. The van der Waals surface area contributed by atoms with E-state index in [1.165, 1.54) is 18.3 Å². The summed E-state index contributed by atoms with van der Waals surface area (Å²) < 4.78 is 26.4. The Labute approximate surface area is 114 Å². The maximum absolute atomic E-state index is 11.9. The van der Waals surface area contributed by atoms with Crippen molar-refractivity contribution in [3.05, 3.63) is 18.3 Å². The van der Waals surface area contributed by atoms with Crippen molar-refractivity contribution >= 4 is 15.8 Å². The van der Waals surface area contributed by atoms with Crippen LogP contribution in [0.25, 0.3) is 0 Å². The minimum absolute atomic E-state index is 0.148. The zero-order valence-corrected chi connectivity index (χ0v) is 12.2. The van der Waals surface area contributed by atoms with E-state index in [-0.39, 0.29) is 4.90 Å². The summed E-state index contributed by atoms with van der Waals surface area (Å²) in [6, 6.07) is 2.99. The number of nitrogens with zero attached hydrogens (tertiary/aromatic N) is 1. The molecular formula is C12H22N4O2S. The van der Waals surface area contributed by atoms with Crippen LogP contribution in [-0.2, 0) is 10.0 Å². The molecule has 0 aliphatic carbocycles. The molecule has 0 aliphatic rings. The van der Waals surface area contributed by atoms with Crippen molar-refractivity contribution in [2.45, 2.75) is 38.0 Å². The Morgan fingerprint density at radius 1 is 1.32 bits per heavy atom. The molecule has 7 heteroatoms. The quantitative estimate of drug-likeness (QED) is 0.382. The molecule has 0 saturated heterocycles. The summed E-state index contributed by atoms with van der Waals surface area (Å²) in [5.74, 6) is 6.25. The van der Waals surface area contributed by atoms with Crippen molar-refractivity contribution in [1.29, 1.82) is 0 Å². The van der Waals surface area contributed by atoms with Crippen molar-refractivity contribution in [2.24, 2.45) is 11.8 Å². The van der Waals surface area contributed by atoms with Gasteiger partial charge in [0.05, 0.1) is 0 Å². The molecule has 0 bridgehead atoms. The second-order valence-corrected chi connectivity index (χ2v) is 6.58. The van der Waals surface area contributed by atoms with Gasteiger partial charge in [-0.15, -0.1) is 0 Å². The Kier molecular flexibility index (Phi) is 6.20. The Bertz CT molecular complexity index is 471. The number of anilines is 1. The van der Waals surface area contributed by atoms with Crippen molar-refractivity contribution in [2.75, 3.05) is 12.0 Å². The average Bonchev–Trinajstić information content (AvgIpc) is 2.38. The predicted octanol–water partition coefficient (Wildman–Crippen LogP) is 1.47. The summed E-state index contributed by atoms with van der Waals surface area (Å²) in [6.07, 6.45) is 4.26. The SMILES string of the molecule is CC(C)CCCCNS(=O)(=O)c1ccc(NN)nc1. The van der Waals surface area contributed by atoms with E-state index in [1.54, 1.807) is 0 Å². The first-order valence-corrected chi connectivity index (χ1v) is 7.86. The largest absolute Gasteiger partial charge is 0.308 e. The van der Waals surface area contributed by atoms with Crippen LogP contribution in [0.4, 0.5) is 5.82 Å². The molecule has 19 heavy (non-hydrogen) atoms. The molecule has 0 atom stereocenters. The van der Waals surface area contributed by atoms with Crippen LogP contribution < -0.4 is 16.0 Å². The maximum Gasteiger partial charge on any atom is 0.242 e. The number of hydrogen-bond acceptors (Lipinski definition) is 5. The number of rotatable bonds is 8. The smallest absolute Gasteiger partial charge is 0.242 e. The number of nitrogens with one attached hydrogen (secondary N) is 2. The minimum Gasteiger partial charge on any atom is -0.308 e. The Morgan fingerprint density at radius 2 is 2.05 bits per heavy atom. The van der Waals surface area contributed by atoms with E-state index < -0.39 is 10.0 Å². The second-order valence-electron chi connectivity index (χ2n) is 4.81. The molecule has 1 heterocycles. The molecule has 0 aliphatic heterocycles. The lowest BCUT2D eigenvalue weighted by Crippen LogP contribution is -2.25. The van der Waals surface area contributed by atoms with Crippen molar-refractivity contribution in [3.63, 3.8) is 0 Å². The summed E-state index contributed by atoms with van der Waals surface area (Å²) in [5, 5.41) is 0. The van der Waals surface area contributed by atoms with E-state index in [2.05, 4.69) is 29.0 Å². The van der Waals surface area contributed by atoms with E-state index in [4.69, 9.17) is 5.84 Å². The van der Waals surface area contributed by atoms with Crippen LogP contribution in [0, 0.1) is 5.92 Å². The van der Waals surface area contributed by atoms with E-state index >= 15 is 0 Å². The second kappa shape index (κ2) is 7.42. The molecule has 4 N–H and O–H groups in total. The molecule has 0 spiro atoms. The lowest BCUT2D eigenvalue weighted by Gasteiger charge is -2.08. The average molecular weight is 286 g/mol. The molecule has 1 rings (SSSR count). The van der Waals surface area contributed by atoms with Gasteiger partial charge >= 0.3 is 0 Å². The van der Waals surface area contributed by atoms with Gasteiger partial charge < -0.3 is 5.43 Å². The Balaban J connectivity index is 2.46. The van der Waals surface area contributed by atoms with E-state index in [0.717, 1.165) is 19.3 Å². The summed E-state index contributed by atoms with van der Waals surface area (Å²) in [6.45, 7) is 4.76. The number of pyridine rings is 1. The number of unbranched alkanes of at least 4 members (excludes halogenated alkanes) is 1. The van der Waals surface area contributed by atoms with E-state index in [1.807, 2.05) is 0 Å². The fourth-order valence-corrected chi connectivity index (χ4v) is 2.61. The molecule has 1 aromatic heterocycles. The highest BCUT2D eigenvalue weighted by molar-refractivity contribution is 7.89. The van der Waals surface area contributed by atoms with E-state index in [9.17, 15) is 8.42 Å². The van der Waals surface area contributed by atoms with Gasteiger partial charge in [0.25, 0.3) is 0 Å². The molecule has 0 aromatic carbocycles. The Hall–Kier alpha value is -1.18. The van der Waals surface area contributed by atoms with Gasteiger partial charge in [-0.2, -0.15) is 0 Å². The molecule has 108 valence electrons. The highest BCUT2D eigenvalue weighted by Gasteiger charge is 2.13. The van der Waals surface area contributed by atoms with Gasteiger partial charge in [0, 0.05) is 12.7 Å². The lowest BCUT2D eigenvalue weighted by atomic mass is 10.1. The normalized spacial score (nSPS) is 11.8. The molecular weight excluding hydrogens is 264 g/mol. The molecule has 0 amide bonds. The number of nitrogens with two attached hydrogens (primary N) is 1. The monoisotopic (exact) mass is 286 g/mol. The zero-order chi connectivity index (χ0) is 14.3.